The first-order chi connectivity index (χ1) is 9.22. The van der Waals surface area contributed by atoms with Gasteiger partial charge in [-0.05, 0) is 69.7 Å². The number of hydrogen-bond donors (Lipinski definition) is 1. The minimum atomic E-state index is 0.210. The summed E-state index contributed by atoms with van der Waals surface area (Å²) in [5.74, 6) is 0.647. The molecule has 1 N–H and O–H groups in total. The molecule has 104 valence electrons. The highest BCUT2D eigenvalue weighted by Crippen LogP contribution is 2.46. The summed E-state index contributed by atoms with van der Waals surface area (Å²) in [6.45, 7) is 3.05. The van der Waals surface area contributed by atoms with Crippen molar-refractivity contribution in [3.63, 3.8) is 0 Å². The smallest absolute Gasteiger partial charge is 0.0686 e. The summed E-state index contributed by atoms with van der Waals surface area (Å²) in [4.78, 5) is 4.57. The van der Waals surface area contributed by atoms with Gasteiger partial charge in [0.1, 0.15) is 0 Å². The van der Waals surface area contributed by atoms with Gasteiger partial charge in [0.25, 0.3) is 0 Å². The molecule has 1 saturated carbocycles. The van der Waals surface area contributed by atoms with E-state index >= 15 is 0 Å². The van der Waals surface area contributed by atoms with E-state index in [2.05, 4.69) is 36.4 Å². The van der Waals surface area contributed by atoms with Crippen LogP contribution < -0.4 is 5.32 Å². The fraction of sp³-hybridized carbons (Fsp3) is 0.688. The zero-order valence-electron chi connectivity index (χ0n) is 12.0. The van der Waals surface area contributed by atoms with E-state index in [4.69, 9.17) is 4.74 Å². The zero-order chi connectivity index (χ0) is 13.3. The molecule has 3 nitrogen and oxygen atoms in total. The summed E-state index contributed by atoms with van der Waals surface area (Å²) in [5.41, 5.74) is 2.68. The highest BCUT2D eigenvalue weighted by atomic mass is 16.5. The predicted molar refractivity (Wildman–Crippen MR) is 76.0 cm³/mol. The van der Waals surface area contributed by atoms with Crippen molar-refractivity contribution in [3.05, 3.63) is 29.6 Å². The van der Waals surface area contributed by atoms with E-state index in [1.165, 1.54) is 36.9 Å². The number of ether oxygens (including phenoxy) is 1. The lowest BCUT2D eigenvalue weighted by atomic mass is 9.70. The van der Waals surface area contributed by atoms with Crippen molar-refractivity contribution in [1.82, 2.24) is 10.3 Å². The lowest BCUT2D eigenvalue weighted by Gasteiger charge is -2.48. The normalized spacial score (nSPS) is 26.9. The second-order valence-electron chi connectivity index (χ2n) is 6.16. The summed E-state index contributed by atoms with van der Waals surface area (Å²) in [5, 5.41) is 3.48. The summed E-state index contributed by atoms with van der Waals surface area (Å²) < 4.78 is 6.04. The molecule has 1 saturated heterocycles. The molecule has 0 aromatic carbocycles. The van der Waals surface area contributed by atoms with Crippen LogP contribution in [0.3, 0.4) is 0 Å². The van der Waals surface area contributed by atoms with Gasteiger partial charge in [0.2, 0.25) is 0 Å². The molecule has 1 spiro atoms. The maximum absolute atomic E-state index is 6.04. The van der Waals surface area contributed by atoms with Crippen molar-refractivity contribution >= 4 is 0 Å². The largest absolute Gasteiger partial charge is 0.375 e. The van der Waals surface area contributed by atoms with Gasteiger partial charge in [0.05, 0.1) is 17.3 Å². The van der Waals surface area contributed by atoms with E-state index in [0.29, 0.717) is 12.0 Å². The van der Waals surface area contributed by atoms with Crippen LogP contribution in [-0.2, 0) is 4.74 Å². The highest BCUT2D eigenvalue weighted by molar-refractivity contribution is 5.18. The summed E-state index contributed by atoms with van der Waals surface area (Å²) in [6.07, 6.45) is 8.09. The molecule has 3 rings (SSSR count). The molecule has 2 fully saturated rings. The summed E-state index contributed by atoms with van der Waals surface area (Å²) >= 11 is 0. The Labute approximate surface area is 115 Å². The van der Waals surface area contributed by atoms with Crippen LogP contribution in [0.1, 0.15) is 49.4 Å². The van der Waals surface area contributed by atoms with Gasteiger partial charge in [-0.25, -0.2) is 0 Å². The molecule has 3 heteroatoms. The van der Waals surface area contributed by atoms with E-state index in [0.717, 1.165) is 13.0 Å². The summed E-state index contributed by atoms with van der Waals surface area (Å²) in [7, 11) is 2.05. The predicted octanol–water partition coefficient (Wildman–Crippen LogP) is 3.00. The number of nitrogens with one attached hydrogen (secondary N) is 1. The van der Waals surface area contributed by atoms with Crippen molar-refractivity contribution < 1.29 is 4.74 Å². The van der Waals surface area contributed by atoms with E-state index in [1.54, 1.807) is 0 Å². The van der Waals surface area contributed by atoms with E-state index in [9.17, 15) is 0 Å². The van der Waals surface area contributed by atoms with Gasteiger partial charge in [-0.3, -0.25) is 4.98 Å². The zero-order valence-corrected chi connectivity index (χ0v) is 12.0. The molecular weight excluding hydrogens is 236 g/mol. The van der Waals surface area contributed by atoms with Gasteiger partial charge in [0, 0.05) is 12.8 Å². The first-order valence-corrected chi connectivity index (χ1v) is 7.46. The van der Waals surface area contributed by atoms with Crippen molar-refractivity contribution in [2.75, 3.05) is 13.7 Å². The fourth-order valence-electron chi connectivity index (χ4n) is 3.62. The Morgan fingerprint density at radius 1 is 1.47 bits per heavy atom. The number of pyridine rings is 1. The van der Waals surface area contributed by atoms with Gasteiger partial charge in [-0.1, -0.05) is 0 Å². The molecule has 1 aliphatic heterocycles. The lowest BCUT2D eigenvalue weighted by Crippen LogP contribution is -2.47. The summed E-state index contributed by atoms with van der Waals surface area (Å²) in [6, 6.07) is 4.64. The first kappa shape index (κ1) is 13.1. The van der Waals surface area contributed by atoms with Crippen LogP contribution >= 0.6 is 0 Å². The van der Waals surface area contributed by atoms with Crippen LogP contribution in [0.15, 0.2) is 18.3 Å². The third-order valence-electron chi connectivity index (χ3n) is 4.83. The van der Waals surface area contributed by atoms with Gasteiger partial charge in [0.15, 0.2) is 0 Å². The highest BCUT2D eigenvalue weighted by Gasteiger charge is 2.44. The Hall–Kier alpha value is -0.930. The Morgan fingerprint density at radius 3 is 2.95 bits per heavy atom. The Balaban J connectivity index is 1.78. The minimum Gasteiger partial charge on any atom is -0.375 e. The molecule has 0 bridgehead atoms. The second-order valence-corrected chi connectivity index (χ2v) is 6.16. The van der Waals surface area contributed by atoms with Crippen molar-refractivity contribution in [2.45, 2.75) is 50.7 Å². The van der Waals surface area contributed by atoms with E-state index < -0.39 is 0 Å². The van der Waals surface area contributed by atoms with Crippen molar-refractivity contribution in [3.8, 4) is 0 Å². The quantitative estimate of drug-likeness (QED) is 0.907. The molecule has 1 aromatic heterocycles. The first-order valence-electron chi connectivity index (χ1n) is 7.46. The average molecular weight is 260 g/mol. The molecule has 2 unspecified atom stereocenters. The minimum absolute atomic E-state index is 0.210. The van der Waals surface area contributed by atoms with Gasteiger partial charge >= 0.3 is 0 Å². The van der Waals surface area contributed by atoms with Gasteiger partial charge < -0.3 is 10.1 Å². The Bertz CT molecular complexity index is 442. The van der Waals surface area contributed by atoms with E-state index in [1.807, 2.05) is 6.20 Å². The maximum atomic E-state index is 6.04. The number of nitrogens with zero attached hydrogens (tertiary/aromatic N) is 1. The Morgan fingerprint density at radius 2 is 2.32 bits per heavy atom. The maximum Gasteiger partial charge on any atom is 0.0686 e. The van der Waals surface area contributed by atoms with Crippen molar-refractivity contribution in [2.24, 2.45) is 5.92 Å². The third-order valence-corrected chi connectivity index (χ3v) is 4.83. The molecule has 0 radical (unpaired) electrons. The number of hydrogen-bond acceptors (Lipinski definition) is 3. The molecule has 1 aromatic rings. The molecule has 2 atom stereocenters. The third kappa shape index (κ3) is 2.54. The molecule has 0 amide bonds. The monoisotopic (exact) mass is 260 g/mol. The Kier molecular flexibility index (Phi) is 3.59. The molecule has 2 heterocycles. The topological polar surface area (TPSA) is 34.2 Å². The molecular formula is C16H24N2O. The standard InChI is InChI=1S/C16H24N2O/c1-12-4-8-18-14(10-12)15(17-2)13-5-9-19-16(11-13)6-3-7-16/h4,8,10,13,15,17H,3,5-7,9,11H2,1-2H3. The molecule has 2 aliphatic rings. The van der Waals surface area contributed by atoms with E-state index in [-0.39, 0.29) is 5.60 Å². The van der Waals surface area contributed by atoms with Crippen LogP contribution in [0.4, 0.5) is 0 Å². The van der Waals surface area contributed by atoms with Crippen LogP contribution in [0.25, 0.3) is 0 Å². The van der Waals surface area contributed by atoms with Crippen LogP contribution in [0.5, 0.6) is 0 Å². The van der Waals surface area contributed by atoms with Gasteiger partial charge in [-0.2, -0.15) is 0 Å². The second kappa shape index (κ2) is 5.22. The van der Waals surface area contributed by atoms with Crippen LogP contribution in [0.2, 0.25) is 0 Å². The van der Waals surface area contributed by atoms with Gasteiger partial charge in [-0.15, -0.1) is 0 Å². The average Bonchev–Trinajstić information content (AvgIpc) is 2.38. The number of aromatic nitrogens is 1. The molecule has 19 heavy (non-hydrogen) atoms. The SMILES string of the molecule is CNC(c1cc(C)ccn1)C1CCOC2(CCC2)C1. The fourth-order valence-corrected chi connectivity index (χ4v) is 3.62. The van der Waals surface area contributed by atoms with Crippen molar-refractivity contribution in [1.29, 1.82) is 0 Å². The lowest BCUT2D eigenvalue weighted by molar-refractivity contribution is -0.147. The molecule has 1 aliphatic carbocycles. The van der Waals surface area contributed by atoms with Crippen LogP contribution in [-0.4, -0.2) is 24.2 Å². The number of aryl methyl sites for hydroxylation is 1. The number of rotatable bonds is 3. The van der Waals surface area contributed by atoms with Crippen LogP contribution in [0, 0.1) is 12.8 Å².